The second-order valence-electron chi connectivity index (χ2n) is 8.56. The van der Waals surface area contributed by atoms with Crippen molar-refractivity contribution in [2.75, 3.05) is 40.6 Å². The zero-order valence-electron chi connectivity index (χ0n) is 21.1. The van der Waals surface area contributed by atoms with Crippen molar-refractivity contribution in [3.63, 3.8) is 0 Å². The molecule has 194 valence electrons. The molecule has 36 heavy (non-hydrogen) atoms. The second-order valence-corrected chi connectivity index (χ2v) is 8.56. The first-order valence-corrected chi connectivity index (χ1v) is 12.3. The van der Waals surface area contributed by atoms with Gasteiger partial charge in [0.15, 0.2) is 11.5 Å². The predicted molar refractivity (Wildman–Crippen MR) is 137 cm³/mol. The number of fused-ring (bicyclic) bond motifs is 1. The molecule has 1 unspecified atom stereocenters. The van der Waals surface area contributed by atoms with Crippen molar-refractivity contribution in [1.82, 2.24) is 10.6 Å². The highest BCUT2D eigenvalue weighted by Gasteiger charge is 2.23. The minimum atomic E-state index is -0.490. The fourth-order valence-corrected chi connectivity index (χ4v) is 4.02. The molecule has 2 aromatic rings. The lowest BCUT2D eigenvalue weighted by atomic mass is 10.00. The van der Waals surface area contributed by atoms with Gasteiger partial charge in [-0.05, 0) is 55.0 Å². The van der Waals surface area contributed by atoms with Crippen molar-refractivity contribution in [2.45, 2.75) is 38.3 Å². The second kappa shape index (κ2) is 14.3. The van der Waals surface area contributed by atoms with Gasteiger partial charge in [-0.25, -0.2) is 0 Å². The van der Waals surface area contributed by atoms with Crippen LogP contribution in [-0.2, 0) is 27.3 Å². The molecule has 0 aromatic heterocycles. The summed E-state index contributed by atoms with van der Waals surface area (Å²) in [6.07, 6.45) is 2.80. The van der Waals surface area contributed by atoms with Crippen LogP contribution >= 0.6 is 0 Å². The van der Waals surface area contributed by atoms with Crippen LogP contribution in [0.3, 0.4) is 0 Å². The van der Waals surface area contributed by atoms with Gasteiger partial charge in [-0.1, -0.05) is 30.8 Å². The highest BCUT2D eigenvalue weighted by atomic mass is 16.5. The molecule has 1 atom stereocenters. The van der Waals surface area contributed by atoms with Gasteiger partial charge in [0.25, 0.3) is 5.91 Å². The van der Waals surface area contributed by atoms with Gasteiger partial charge in [-0.2, -0.15) is 0 Å². The smallest absolute Gasteiger partial charge is 0.252 e. The van der Waals surface area contributed by atoms with E-state index in [9.17, 15) is 9.59 Å². The molecule has 0 radical (unpaired) electrons. The van der Waals surface area contributed by atoms with Crippen molar-refractivity contribution in [1.29, 1.82) is 0 Å². The highest BCUT2D eigenvalue weighted by Crippen LogP contribution is 2.27. The normalized spacial score (nSPS) is 17.2. The molecule has 0 saturated heterocycles. The van der Waals surface area contributed by atoms with Crippen LogP contribution in [0.4, 0.5) is 0 Å². The van der Waals surface area contributed by atoms with E-state index in [4.69, 9.17) is 18.9 Å². The van der Waals surface area contributed by atoms with E-state index in [2.05, 4.69) is 17.2 Å². The van der Waals surface area contributed by atoms with Crippen LogP contribution in [0.5, 0.6) is 11.5 Å². The number of hydrogen-bond donors (Lipinski definition) is 2. The summed E-state index contributed by atoms with van der Waals surface area (Å²) < 4.78 is 21.9. The lowest BCUT2D eigenvalue weighted by Gasteiger charge is -2.22. The van der Waals surface area contributed by atoms with E-state index < -0.39 is 6.04 Å². The number of ether oxygens (including phenoxy) is 4. The fourth-order valence-electron chi connectivity index (χ4n) is 4.02. The largest absolute Gasteiger partial charge is 0.493 e. The number of amides is 2. The van der Waals surface area contributed by atoms with Gasteiger partial charge in [0.05, 0.1) is 40.1 Å². The summed E-state index contributed by atoms with van der Waals surface area (Å²) in [5.41, 5.74) is 2.65. The van der Waals surface area contributed by atoms with Crippen molar-refractivity contribution in [3.05, 3.63) is 71.3 Å². The van der Waals surface area contributed by atoms with Gasteiger partial charge in [-0.3, -0.25) is 9.59 Å². The van der Waals surface area contributed by atoms with Crippen molar-refractivity contribution in [3.8, 4) is 11.5 Å². The quantitative estimate of drug-likeness (QED) is 0.571. The summed E-state index contributed by atoms with van der Waals surface area (Å²) in [4.78, 5) is 26.1. The number of carbonyl (C=O) groups excluding carboxylic acids is 2. The lowest BCUT2D eigenvalue weighted by Crippen LogP contribution is -2.41. The number of rotatable bonds is 7. The van der Waals surface area contributed by atoms with Crippen LogP contribution in [0.15, 0.2) is 54.6 Å². The summed E-state index contributed by atoms with van der Waals surface area (Å²) >= 11 is 0. The third-order valence-electron chi connectivity index (χ3n) is 6.09. The molecule has 2 aromatic carbocycles. The maximum absolute atomic E-state index is 13.1. The Labute approximate surface area is 213 Å². The molecule has 0 saturated carbocycles. The Morgan fingerprint density at radius 2 is 1.83 bits per heavy atom. The molecule has 1 heterocycles. The standard InChI is InChI=1S/C28H36N2O6/c1-20(27(31)29-14-13-21-11-12-25(33-2)26(18-21)34-3)24-10-6-7-15-35-16-17-36-19-22-8-4-5-9-23(22)28(32)30-24/h4-5,8-9,11-12,18,24H,1,6-7,10,13-17,19H2,2-3H3,(H,29,31)(H,30,32). The van der Waals surface area contributed by atoms with Crippen molar-refractivity contribution >= 4 is 11.8 Å². The Bertz CT molecular complexity index is 1040. The van der Waals surface area contributed by atoms with E-state index in [1.165, 1.54) is 0 Å². The minimum Gasteiger partial charge on any atom is -0.493 e. The van der Waals surface area contributed by atoms with Crippen LogP contribution in [0.2, 0.25) is 0 Å². The van der Waals surface area contributed by atoms with E-state index in [1.54, 1.807) is 20.3 Å². The van der Waals surface area contributed by atoms with Crippen LogP contribution < -0.4 is 20.1 Å². The summed E-state index contributed by atoms with van der Waals surface area (Å²) in [5, 5.41) is 5.94. The maximum atomic E-state index is 13.1. The van der Waals surface area contributed by atoms with Crippen LogP contribution in [0.1, 0.15) is 40.7 Å². The Morgan fingerprint density at radius 3 is 2.64 bits per heavy atom. The molecule has 8 nitrogen and oxygen atoms in total. The topological polar surface area (TPSA) is 95.1 Å². The molecule has 0 bridgehead atoms. The van der Waals surface area contributed by atoms with E-state index in [-0.39, 0.29) is 11.8 Å². The monoisotopic (exact) mass is 496 g/mol. The molecule has 0 fully saturated rings. The molecule has 1 aliphatic rings. The van der Waals surface area contributed by atoms with E-state index in [0.717, 1.165) is 24.0 Å². The first kappa shape index (κ1) is 27.2. The van der Waals surface area contributed by atoms with Gasteiger partial charge >= 0.3 is 0 Å². The molecule has 2 N–H and O–H groups in total. The number of hydrogen-bond acceptors (Lipinski definition) is 6. The van der Waals surface area contributed by atoms with Gasteiger partial charge in [0.1, 0.15) is 0 Å². The summed E-state index contributed by atoms with van der Waals surface area (Å²) in [5.74, 6) is 0.770. The van der Waals surface area contributed by atoms with Crippen LogP contribution in [0.25, 0.3) is 0 Å². The number of nitrogens with one attached hydrogen (secondary N) is 2. The molecular weight excluding hydrogens is 460 g/mol. The van der Waals surface area contributed by atoms with Gasteiger partial charge in [0.2, 0.25) is 5.91 Å². The average Bonchev–Trinajstić information content (AvgIpc) is 2.90. The van der Waals surface area contributed by atoms with Crippen molar-refractivity contribution < 1.29 is 28.5 Å². The molecule has 8 heteroatoms. The van der Waals surface area contributed by atoms with Crippen molar-refractivity contribution in [2.24, 2.45) is 0 Å². The molecule has 0 spiro atoms. The third-order valence-corrected chi connectivity index (χ3v) is 6.09. The molecular formula is C28H36N2O6. The van der Waals surface area contributed by atoms with Gasteiger partial charge < -0.3 is 29.6 Å². The third kappa shape index (κ3) is 7.83. The molecule has 3 rings (SSSR count). The van der Waals surface area contributed by atoms with E-state index in [1.807, 2.05) is 36.4 Å². The summed E-state index contributed by atoms with van der Waals surface area (Å²) in [6, 6.07) is 12.5. The highest BCUT2D eigenvalue weighted by molar-refractivity contribution is 5.98. The van der Waals surface area contributed by atoms with Crippen LogP contribution in [0, 0.1) is 0 Å². The minimum absolute atomic E-state index is 0.244. The number of methoxy groups -OCH3 is 2. The van der Waals surface area contributed by atoms with E-state index in [0.29, 0.717) is 68.4 Å². The molecule has 1 aliphatic heterocycles. The first-order valence-electron chi connectivity index (χ1n) is 12.3. The maximum Gasteiger partial charge on any atom is 0.252 e. The van der Waals surface area contributed by atoms with E-state index >= 15 is 0 Å². The molecule has 0 aliphatic carbocycles. The Morgan fingerprint density at radius 1 is 1.06 bits per heavy atom. The van der Waals surface area contributed by atoms with Gasteiger partial charge in [0, 0.05) is 24.3 Å². The van der Waals surface area contributed by atoms with Gasteiger partial charge in [-0.15, -0.1) is 0 Å². The Kier molecular flexibility index (Phi) is 10.8. The predicted octanol–water partition coefficient (Wildman–Crippen LogP) is 3.43. The number of benzene rings is 2. The fraction of sp³-hybridized carbons (Fsp3) is 0.429. The Balaban J connectivity index is 1.64. The molecule has 2 amide bonds. The zero-order valence-corrected chi connectivity index (χ0v) is 21.1. The first-order chi connectivity index (χ1) is 17.5. The number of carbonyl (C=O) groups is 2. The lowest BCUT2D eigenvalue weighted by molar-refractivity contribution is -0.117. The zero-order chi connectivity index (χ0) is 25.8. The summed E-state index contributed by atoms with van der Waals surface area (Å²) in [7, 11) is 3.18. The average molecular weight is 497 g/mol. The SMILES string of the molecule is C=C(C(=O)NCCc1ccc(OC)c(OC)c1)C1CCCCOCCOCc2ccccc2C(=O)N1. The summed E-state index contributed by atoms with van der Waals surface area (Å²) in [6.45, 7) is 6.34. The van der Waals surface area contributed by atoms with Crippen LogP contribution in [-0.4, -0.2) is 58.4 Å². The Hall–Kier alpha value is -3.36.